The number of hydrogen-bond donors (Lipinski definition) is 3. The van der Waals surface area contributed by atoms with Gasteiger partial charge in [-0.25, -0.2) is 9.69 Å². The lowest BCUT2D eigenvalue weighted by Crippen LogP contribution is -2.56. The zero-order valence-electron chi connectivity index (χ0n) is 36.8. The van der Waals surface area contributed by atoms with Crippen molar-refractivity contribution in [3.05, 3.63) is 191 Å². The number of benzene rings is 5. The number of imide groups is 1. The molecule has 0 bridgehead atoms. The molecule has 3 heterocycles. The van der Waals surface area contributed by atoms with E-state index in [-0.39, 0.29) is 25.4 Å². The Bertz CT molecular complexity index is 2730. The lowest BCUT2D eigenvalue weighted by Gasteiger charge is -2.46. The number of nitrogens with one attached hydrogen (secondary N) is 2. The average Bonchev–Trinajstić information content (AvgIpc) is 3.81. The Morgan fingerprint density at radius 2 is 1.59 bits per heavy atom. The molecule has 66 heavy (non-hydrogen) atoms. The lowest BCUT2D eigenvalue weighted by atomic mass is 9.65. The maximum atomic E-state index is 16.6. The quantitative estimate of drug-likeness (QED) is 0.0685. The fraction of sp³-hybridized carbons (Fsp3) is 0.273. The number of esters is 1. The first-order chi connectivity index (χ1) is 32.3. The number of cyclic esters (lactones) is 1. The topological polar surface area (TPSA) is 138 Å². The third-order valence-corrected chi connectivity index (χ3v) is 13.2. The number of allylic oxidation sites excluding steroid dienone is 2. The minimum absolute atomic E-state index is 0.0310. The molecule has 334 valence electrons. The van der Waals surface area contributed by atoms with Gasteiger partial charge in [-0.1, -0.05) is 133 Å². The number of aliphatic hydroxyl groups is 1. The van der Waals surface area contributed by atoms with Crippen LogP contribution in [0.3, 0.4) is 0 Å². The highest BCUT2D eigenvalue weighted by atomic mass is 16.6. The van der Waals surface area contributed by atoms with Crippen LogP contribution in [-0.4, -0.2) is 59.6 Å². The van der Waals surface area contributed by atoms with Gasteiger partial charge in [0.15, 0.2) is 0 Å². The molecule has 11 heteroatoms. The first-order valence-electron chi connectivity index (χ1n) is 22.6. The van der Waals surface area contributed by atoms with Crippen LogP contribution in [-0.2, 0) is 24.5 Å². The number of hydrogen-bond acceptors (Lipinski definition) is 8. The van der Waals surface area contributed by atoms with Crippen molar-refractivity contribution in [3.8, 4) is 17.6 Å². The minimum atomic E-state index is -2.00. The smallest absolute Gasteiger partial charge is 0.329 e. The van der Waals surface area contributed by atoms with Crippen LogP contribution in [0.1, 0.15) is 90.2 Å². The molecule has 9 rings (SSSR count). The van der Waals surface area contributed by atoms with Crippen molar-refractivity contribution in [3.63, 3.8) is 0 Å². The summed E-state index contributed by atoms with van der Waals surface area (Å²) in [4.78, 5) is 65.5. The molecule has 5 aromatic rings. The molecule has 1 aliphatic carbocycles. The Labute approximate surface area is 385 Å². The molecule has 3 aliphatic heterocycles. The molecule has 2 fully saturated rings. The van der Waals surface area contributed by atoms with E-state index in [1.807, 2.05) is 121 Å². The van der Waals surface area contributed by atoms with Gasteiger partial charge in [-0.15, -0.1) is 6.58 Å². The van der Waals surface area contributed by atoms with Crippen LogP contribution in [0.4, 0.5) is 10.5 Å². The van der Waals surface area contributed by atoms with Crippen molar-refractivity contribution in [2.45, 2.75) is 68.3 Å². The summed E-state index contributed by atoms with van der Waals surface area (Å²) in [5.74, 6) is 3.54. The number of carbonyl (C=O) groups excluding carboxylic acids is 4. The predicted octanol–water partition coefficient (Wildman–Crippen LogP) is 8.35. The fourth-order valence-electron chi connectivity index (χ4n) is 10.4. The number of aliphatic hydroxyl groups excluding tert-OH is 1. The van der Waals surface area contributed by atoms with Crippen LogP contribution in [0.2, 0.25) is 0 Å². The highest BCUT2D eigenvalue weighted by Gasteiger charge is 2.76. The third kappa shape index (κ3) is 7.86. The number of ether oxygens (including phenoxy) is 2. The molecule has 0 saturated carbocycles. The first kappa shape index (κ1) is 44.0. The summed E-state index contributed by atoms with van der Waals surface area (Å²) < 4.78 is 12.9. The standard InChI is InChI=1S/C55H52N4O7/c1-3-32-56-51(61)46-48-52(62)66-49(41-24-14-7-15-25-41)47(40-22-12-6-13-23-40)59(48)50(42-26-16-17-27-45(42)65-34-33-60)55(46)43-35-38(29-28-37-18-8-4-9-19-37)30-31-44(43)58(53(55)63)54(64)57-36(2)39-20-10-5-11-21-39/h3,5-7,10-18,20-27,30-31,35-36,46-50,60H,1,4,8-9,19,32-34H2,2H3,(H,56,61)(H,57,64). The normalized spacial score (nSPS) is 23.6. The number of anilines is 1. The number of urea groups is 1. The zero-order valence-corrected chi connectivity index (χ0v) is 36.8. The lowest BCUT2D eigenvalue weighted by molar-refractivity contribution is -0.178. The summed E-state index contributed by atoms with van der Waals surface area (Å²) >= 11 is 0. The summed E-state index contributed by atoms with van der Waals surface area (Å²) in [6, 6.07) is 36.4. The van der Waals surface area contributed by atoms with Crippen molar-refractivity contribution >= 4 is 29.5 Å². The minimum Gasteiger partial charge on any atom is -0.491 e. The molecule has 7 atom stereocenters. The van der Waals surface area contributed by atoms with Gasteiger partial charge in [-0.3, -0.25) is 19.3 Å². The highest BCUT2D eigenvalue weighted by Crippen LogP contribution is 2.66. The van der Waals surface area contributed by atoms with Crippen molar-refractivity contribution in [1.82, 2.24) is 15.5 Å². The third-order valence-electron chi connectivity index (χ3n) is 13.2. The van der Waals surface area contributed by atoms with E-state index >= 15 is 19.2 Å². The summed E-state index contributed by atoms with van der Waals surface area (Å²) in [6.07, 6.45) is 6.72. The largest absolute Gasteiger partial charge is 0.491 e. The van der Waals surface area contributed by atoms with Crippen LogP contribution in [0, 0.1) is 17.8 Å². The number of fused-ring (bicyclic) bond motifs is 3. The number of nitrogens with zero attached hydrogens (tertiary/aromatic N) is 2. The van der Waals surface area contributed by atoms with E-state index in [2.05, 4.69) is 35.1 Å². The summed E-state index contributed by atoms with van der Waals surface area (Å²) in [5, 5.41) is 16.1. The van der Waals surface area contributed by atoms with E-state index in [0.717, 1.165) is 47.3 Å². The molecule has 2 saturated heterocycles. The van der Waals surface area contributed by atoms with E-state index in [0.29, 0.717) is 28.0 Å². The summed E-state index contributed by atoms with van der Waals surface area (Å²) in [7, 11) is 0. The maximum absolute atomic E-state index is 16.6. The van der Waals surface area contributed by atoms with Gasteiger partial charge >= 0.3 is 12.0 Å². The van der Waals surface area contributed by atoms with Crippen LogP contribution < -0.4 is 20.3 Å². The number of carbonyl (C=O) groups is 4. The van der Waals surface area contributed by atoms with Gasteiger partial charge in [0.1, 0.15) is 29.9 Å². The van der Waals surface area contributed by atoms with E-state index < -0.39 is 65.4 Å². The molecule has 11 nitrogen and oxygen atoms in total. The Hall–Kier alpha value is -7.26. The van der Waals surface area contributed by atoms with Gasteiger partial charge in [0.2, 0.25) is 11.8 Å². The summed E-state index contributed by atoms with van der Waals surface area (Å²) in [5.41, 5.74) is 2.96. The van der Waals surface area contributed by atoms with Gasteiger partial charge in [-0.05, 0) is 84.7 Å². The fourth-order valence-corrected chi connectivity index (χ4v) is 10.4. The molecule has 5 aromatic carbocycles. The van der Waals surface area contributed by atoms with Gasteiger partial charge in [0, 0.05) is 17.7 Å². The molecule has 0 aromatic heterocycles. The zero-order chi connectivity index (χ0) is 45.8. The van der Waals surface area contributed by atoms with E-state index in [1.54, 1.807) is 24.3 Å². The monoisotopic (exact) mass is 880 g/mol. The molecule has 0 radical (unpaired) electrons. The van der Waals surface area contributed by atoms with Crippen molar-refractivity contribution in [1.29, 1.82) is 0 Å². The van der Waals surface area contributed by atoms with Gasteiger partial charge in [-0.2, -0.15) is 0 Å². The molecular weight excluding hydrogens is 829 g/mol. The molecule has 3 N–H and O–H groups in total. The number of morpholine rings is 1. The van der Waals surface area contributed by atoms with Crippen LogP contribution >= 0.6 is 0 Å². The Kier molecular flexibility index (Phi) is 12.7. The maximum Gasteiger partial charge on any atom is 0.329 e. The van der Waals surface area contributed by atoms with E-state index in [1.165, 1.54) is 6.08 Å². The summed E-state index contributed by atoms with van der Waals surface area (Å²) in [6.45, 7) is 5.34. The number of para-hydroxylation sites is 1. The number of rotatable bonds is 11. The second kappa shape index (κ2) is 19.1. The van der Waals surface area contributed by atoms with E-state index in [9.17, 15) is 5.11 Å². The predicted molar refractivity (Wildman–Crippen MR) is 251 cm³/mol. The molecule has 4 aliphatic rings. The van der Waals surface area contributed by atoms with E-state index in [4.69, 9.17) is 9.47 Å². The van der Waals surface area contributed by atoms with Crippen LogP contribution in [0.5, 0.6) is 5.75 Å². The second-order valence-electron chi connectivity index (χ2n) is 17.1. The Morgan fingerprint density at radius 3 is 2.29 bits per heavy atom. The SMILES string of the molecule is C=CCNC(=O)C1C2C(=O)OC(c3ccccc3)C(c3ccccc3)N2C(c2ccccc2OCCO)C12C(=O)N(C(=O)NC(C)c1ccccc1)c1ccc(C#CC3=CCCCC3)cc12. The van der Waals surface area contributed by atoms with Gasteiger partial charge in [0.05, 0.1) is 36.3 Å². The van der Waals surface area contributed by atoms with Crippen molar-refractivity contribution in [2.24, 2.45) is 5.92 Å². The Morgan fingerprint density at radius 1 is 0.894 bits per heavy atom. The molecular formula is C55H52N4O7. The second-order valence-corrected chi connectivity index (χ2v) is 17.1. The number of amides is 4. The van der Waals surface area contributed by atoms with Gasteiger partial charge in [0.25, 0.3) is 0 Å². The first-order valence-corrected chi connectivity index (χ1v) is 22.6. The van der Waals surface area contributed by atoms with Crippen LogP contribution in [0.15, 0.2) is 158 Å². The average molecular weight is 881 g/mol. The van der Waals surface area contributed by atoms with Crippen LogP contribution in [0.25, 0.3) is 0 Å². The van der Waals surface area contributed by atoms with Gasteiger partial charge < -0.3 is 25.2 Å². The van der Waals surface area contributed by atoms with Crippen molar-refractivity contribution in [2.75, 3.05) is 24.7 Å². The molecule has 4 amide bonds. The molecule has 1 spiro atoms. The Balaban J connectivity index is 1.35. The highest BCUT2D eigenvalue weighted by molar-refractivity contribution is 6.24. The van der Waals surface area contributed by atoms with Crippen molar-refractivity contribution < 1.29 is 33.8 Å². The molecule has 7 unspecified atom stereocenters.